The van der Waals surface area contributed by atoms with Crippen molar-refractivity contribution in [3.05, 3.63) is 53.6 Å². The van der Waals surface area contributed by atoms with Crippen LogP contribution in [0.3, 0.4) is 0 Å². The summed E-state index contributed by atoms with van der Waals surface area (Å²) in [6.45, 7) is 5.79. The van der Waals surface area contributed by atoms with Gasteiger partial charge in [-0.15, -0.1) is 6.42 Å². The zero-order valence-corrected chi connectivity index (χ0v) is 25.6. The van der Waals surface area contributed by atoms with Crippen molar-refractivity contribution in [2.75, 3.05) is 57.4 Å². The van der Waals surface area contributed by atoms with Gasteiger partial charge in [0.05, 0.1) is 31.5 Å². The number of ether oxygens (including phenoxy) is 2. The molecule has 3 aromatic carbocycles. The van der Waals surface area contributed by atoms with Crippen LogP contribution in [0.15, 0.2) is 36.4 Å². The van der Waals surface area contributed by atoms with E-state index in [4.69, 9.17) is 20.9 Å². The molecule has 8 nitrogen and oxygen atoms in total. The number of hydrogen-bond donors (Lipinski definition) is 1. The van der Waals surface area contributed by atoms with Crippen molar-refractivity contribution in [2.45, 2.75) is 32.1 Å². The number of halogens is 2. The molecule has 3 aliphatic rings. The van der Waals surface area contributed by atoms with Crippen LogP contribution >= 0.6 is 0 Å². The summed E-state index contributed by atoms with van der Waals surface area (Å²) in [6.07, 6.45) is 10.0. The number of phenolic OH excluding ortho intramolecular Hbond substituents is 1. The summed E-state index contributed by atoms with van der Waals surface area (Å²) >= 11 is 0. The van der Waals surface area contributed by atoms with E-state index in [2.05, 4.69) is 26.8 Å². The van der Waals surface area contributed by atoms with Gasteiger partial charge in [-0.1, -0.05) is 18.1 Å². The molecule has 2 aliphatic heterocycles. The zero-order valence-electron chi connectivity index (χ0n) is 25.6. The van der Waals surface area contributed by atoms with Gasteiger partial charge in [-0.05, 0) is 67.3 Å². The van der Waals surface area contributed by atoms with Crippen molar-refractivity contribution in [3.63, 3.8) is 0 Å². The van der Waals surface area contributed by atoms with E-state index < -0.39 is 11.6 Å². The van der Waals surface area contributed by atoms with Gasteiger partial charge in [0.1, 0.15) is 22.9 Å². The van der Waals surface area contributed by atoms with Gasteiger partial charge in [-0.2, -0.15) is 15.2 Å². The molecule has 236 valence electrons. The number of hydrogen-bond acceptors (Lipinski definition) is 8. The van der Waals surface area contributed by atoms with Crippen LogP contribution in [0, 0.1) is 46.6 Å². The van der Waals surface area contributed by atoms with Crippen molar-refractivity contribution in [1.29, 1.82) is 5.26 Å². The van der Waals surface area contributed by atoms with Crippen LogP contribution in [0.2, 0.25) is 0 Å². The Morgan fingerprint density at radius 2 is 1.87 bits per heavy atom. The summed E-state index contributed by atoms with van der Waals surface area (Å²) in [5.41, 5.74) is 0.434. The standard InChI is InChI=1S/C36H35F2N5O3/c1-2-26-30(37)8-5-24-18-25(44)19-29(31(24)26)27-6-7-28-33(32(27)38)40-35(41-34(28)43-12-3-4-23(20-39)9-13-43)46-22-36(10-11-36)21-42-14-16-45-17-15-42/h1,5-8,18-19,23,44H,3-4,9-17,21-22H2. The van der Waals surface area contributed by atoms with Gasteiger partial charge in [-0.3, -0.25) is 4.90 Å². The highest BCUT2D eigenvalue weighted by Crippen LogP contribution is 2.47. The highest BCUT2D eigenvalue weighted by atomic mass is 19.1. The Morgan fingerprint density at radius 3 is 2.63 bits per heavy atom. The Morgan fingerprint density at radius 1 is 1.04 bits per heavy atom. The molecule has 46 heavy (non-hydrogen) atoms. The summed E-state index contributed by atoms with van der Waals surface area (Å²) in [5, 5.41) is 21.4. The molecule has 1 aliphatic carbocycles. The first-order valence-electron chi connectivity index (χ1n) is 15.9. The molecule has 0 bridgehead atoms. The van der Waals surface area contributed by atoms with Crippen molar-refractivity contribution < 1.29 is 23.4 Å². The third-order valence-corrected chi connectivity index (χ3v) is 9.59. The second-order valence-electron chi connectivity index (χ2n) is 12.7. The Kier molecular flexibility index (Phi) is 8.10. The van der Waals surface area contributed by atoms with Crippen molar-refractivity contribution >= 4 is 27.5 Å². The first-order chi connectivity index (χ1) is 22.4. The van der Waals surface area contributed by atoms with E-state index in [1.54, 1.807) is 12.1 Å². The fourth-order valence-corrected chi connectivity index (χ4v) is 6.83. The molecule has 3 heterocycles. The number of fused-ring (bicyclic) bond motifs is 2. The van der Waals surface area contributed by atoms with Crippen LogP contribution in [0.4, 0.5) is 14.6 Å². The molecule has 2 saturated heterocycles. The average Bonchev–Trinajstić information content (AvgIpc) is 3.87. The fourth-order valence-electron chi connectivity index (χ4n) is 6.83. The number of aromatic hydroxyl groups is 1. The molecule has 4 aromatic rings. The lowest BCUT2D eigenvalue weighted by Crippen LogP contribution is -2.41. The third-order valence-electron chi connectivity index (χ3n) is 9.59. The number of phenols is 1. The molecule has 1 saturated carbocycles. The molecule has 10 heteroatoms. The number of morpholine rings is 1. The minimum absolute atomic E-state index is 0.00495. The van der Waals surface area contributed by atoms with Crippen molar-refractivity contribution in [2.24, 2.45) is 11.3 Å². The lowest BCUT2D eigenvalue weighted by atomic mass is 9.93. The van der Waals surface area contributed by atoms with Gasteiger partial charge in [-0.25, -0.2) is 8.78 Å². The van der Waals surface area contributed by atoms with Crippen LogP contribution < -0.4 is 9.64 Å². The lowest BCUT2D eigenvalue weighted by molar-refractivity contribution is 0.0231. The van der Waals surface area contributed by atoms with E-state index in [1.165, 1.54) is 24.3 Å². The van der Waals surface area contributed by atoms with E-state index in [-0.39, 0.29) is 45.3 Å². The van der Waals surface area contributed by atoms with Gasteiger partial charge in [0, 0.05) is 60.4 Å². The van der Waals surface area contributed by atoms with Crippen molar-refractivity contribution in [1.82, 2.24) is 14.9 Å². The molecule has 1 atom stereocenters. The number of terminal acetylenes is 1. The Balaban J connectivity index is 1.32. The first kappa shape index (κ1) is 30.2. The molecule has 1 aromatic heterocycles. The molecular formula is C36H35F2N5O3. The predicted octanol–water partition coefficient (Wildman–Crippen LogP) is 6.04. The summed E-state index contributed by atoms with van der Waals surface area (Å²) < 4.78 is 43.4. The molecule has 0 spiro atoms. The van der Waals surface area contributed by atoms with Crippen molar-refractivity contribution in [3.8, 4) is 41.3 Å². The second kappa shape index (κ2) is 12.4. The normalized spacial score (nSPS) is 19.8. The Hall–Kier alpha value is -4.51. The number of benzene rings is 3. The van der Waals surface area contributed by atoms with E-state index in [0.29, 0.717) is 48.1 Å². The highest BCUT2D eigenvalue weighted by molar-refractivity contribution is 6.04. The summed E-state index contributed by atoms with van der Waals surface area (Å²) in [5.74, 6) is 1.56. The number of aromatic nitrogens is 2. The summed E-state index contributed by atoms with van der Waals surface area (Å²) in [4.78, 5) is 13.9. The predicted molar refractivity (Wildman–Crippen MR) is 172 cm³/mol. The Bertz CT molecular complexity index is 1890. The molecule has 0 amide bonds. The van der Waals surface area contributed by atoms with Gasteiger partial charge in [0.25, 0.3) is 0 Å². The van der Waals surface area contributed by atoms with Crippen LogP contribution in [-0.4, -0.2) is 72.5 Å². The number of anilines is 1. The van der Waals surface area contributed by atoms with Crippen LogP contribution in [0.5, 0.6) is 11.8 Å². The van der Waals surface area contributed by atoms with Gasteiger partial charge in [0.15, 0.2) is 5.82 Å². The monoisotopic (exact) mass is 623 g/mol. The minimum Gasteiger partial charge on any atom is -0.508 e. The van der Waals surface area contributed by atoms with E-state index in [1.807, 2.05) is 0 Å². The lowest BCUT2D eigenvalue weighted by Gasteiger charge is -2.30. The van der Waals surface area contributed by atoms with Crippen LogP contribution in [-0.2, 0) is 4.74 Å². The zero-order chi connectivity index (χ0) is 31.8. The molecule has 3 fully saturated rings. The molecule has 1 N–H and O–H groups in total. The van der Waals surface area contributed by atoms with E-state index in [9.17, 15) is 14.8 Å². The van der Waals surface area contributed by atoms with Crippen LogP contribution in [0.25, 0.3) is 32.8 Å². The first-order valence-corrected chi connectivity index (χ1v) is 15.9. The summed E-state index contributed by atoms with van der Waals surface area (Å²) in [7, 11) is 0. The Labute approximate surface area is 266 Å². The second-order valence-corrected chi connectivity index (χ2v) is 12.7. The van der Waals surface area contributed by atoms with E-state index >= 15 is 4.39 Å². The average molecular weight is 624 g/mol. The van der Waals surface area contributed by atoms with Crippen LogP contribution in [0.1, 0.15) is 37.7 Å². The molecule has 7 rings (SSSR count). The molecule has 1 unspecified atom stereocenters. The quantitative estimate of drug-likeness (QED) is 0.249. The maximum atomic E-state index is 16.8. The van der Waals surface area contributed by atoms with Gasteiger partial charge in [0.2, 0.25) is 0 Å². The largest absolute Gasteiger partial charge is 0.508 e. The maximum absolute atomic E-state index is 16.8. The summed E-state index contributed by atoms with van der Waals surface area (Å²) in [6, 6.07) is 11.5. The van der Waals surface area contributed by atoms with Gasteiger partial charge < -0.3 is 19.5 Å². The number of nitrogens with zero attached hydrogens (tertiary/aromatic N) is 5. The smallest absolute Gasteiger partial charge is 0.319 e. The third kappa shape index (κ3) is 5.79. The fraction of sp³-hybridized carbons (Fsp3) is 0.417. The number of rotatable bonds is 7. The molecule has 0 radical (unpaired) electrons. The minimum atomic E-state index is -0.649. The topological polar surface area (TPSA) is 94.7 Å². The van der Waals surface area contributed by atoms with Gasteiger partial charge >= 0.3 is 6.01 Å². The molecular weight excluding hydrogens is 588 g/mol. The SMILES string of the molecule is C#Cc1c(F)ccc2cc(O)cc(-c3ccc4c(N5CCCC(C#N)CC5)nc(OCC5(CN6CCOCC6)CC5)nc4c3F)c12. The highest BCUT2D eigenvalue weighted by Gasteiger charge is 2.45. The van der Waals surface area contributed by atoms with E-state index in [0.717, 1.165) is 58.5 Å². The number of nitriles is 1. The maximum Gasteiger partial charge on any atom is 0.319 e.